The van der Waals surface area contributed by atoms with E-state index < -0.39 is 0 Å². The first-order chi connectivity index (χ1) is 10.2. The molecule has 1 atom stereocenters. The van der Waals surface area contributed by atoms with E-state index >= 15 is 0 Å². The first-order valence-electron chi connectivity index (χ1n) is 7.19. The Morgan fingerprint density at radius 3 is 2.62 bits per heavy atom. The third-order valence-electron chi connectivity index (χ3n) is 3.94. The van der Waals surface area contributed by atoms with Crippen molar-refractivity contribution in [1.82, 2.24) is 9.80 Å². The molecule has 0 saturated carbocycles. The molecule has 0 aliphatic carbocycles. The normalized spacial score (nSPS) is 17.1. The summed E-state index contributed by atoms with van der Waals surface area (Å²) in [7, 11) is 1.62. The summed E-state index contributed by atoms with van der Waals surface area (Å²) >= 11 is 0. The van der Waals surface area contributed by atoms with E-state index in [0.29, 0.717) is 19.5 Å². The second kappa shape index (κ2) is 7.09. The fourth-order valence-corrected chi connectivity index (χ4v) is 2.56. The van der Waals surface area contributed by atoms with E-state index in [1.165, 1.54) is 0 Å². The van der Waals surface area contributed by atoms with Gasteiger partial charge in [0, 0.05) is 31.7 Å². The van der Waals surface area contributed by atoms with Crippen LogP contribution in [0.2, 0.25) is 0 Å². The molecule has 1 aromatic carbocycles. The lowest BCUT2D eigenvalue weighted by molar-refractivity contribution is -0.132. The summed E-state index contributed by atoms with van der Waals surface area (Å²) in [6.45, 7) is 4.77. The van der Waals surface area contributed by atoms with E-state index in [1.54, 1.807) is 7.11 Å². The number of methoxy groups -OCH3 is 1. The van der Waals surface area contributed by atoms with Crippen LogP contribution in [0.4, 0.5) is 0 Å². The lowest BCUT2D eigenvalue weighted by Gasteiger charge is -2.36. The molecule has 5 nitrogen and oxygen atoms in total. The van der Waals surface area contributed by atoms with Gasteiger partial charge in [0.05, 0.1) is 25.6 Å². The molecule has 2 rings (SSSR count). The maximum Gasteiger partial charge on any atom is 0.227 e. The number of carbonyl (C=O) groups is 1. The van der Waals surface area contributed by atoms with Crippen LogP contribution in [0.15, 0.2) is 24.3 Å². The average Bonchev–Trinajstić information content (AvgIpc) is 2.54. The highest BCUT2D eigenvalue weighted by Crippen LogP contribution is 2.19. The Hall–Kier alpha value is -2.06. The van der Waals surface area contributed by atoms with E-state index in [2.05, 4.69) is 11.0 Å². The topological polar surface area (TPSA) is 56.6 Å². The Morgan fingerprint density at radius 1 is 1.33 bits per heavy atom. The van der Waals surface area contributed by atoms with Gasteiger partial charge in [-0.2, -0.15) is 5.26 Å². The lowest BCUT2D eigenvalue weighted by atomic mass is 10.1. The van der Waals surface area contributed by atoms with E-state index in [-0.39, 0.29) is 11.9 Å². The van der Waals surface area contributed by atoms with E-state index in [9.17, 15) is 4.79 Å². The van der Waals surface area contributed by atoms with Gasteiger partial charge in [-0.05, 0) is 13.0 Å². The second-order valence-electron chi connectivity index (χ2n) is 5.21. The van der Waals surface area contributed by atoms with Crippen molar-refractivity contribution in [3.05, 3.63) is 29.8 Å². The number of rotatable bonds is 4. The summed E-state index contributed by atoms with van der Waals surface area (Å²) < 4.78 is 5.28. The average molecular weight is 287 g/mol. The molecule has 1 aliphatic heterocycles. The van der Waals surface area contributed by atoms with Crippen LogP contribution in [0, 0.1) is 11.3 Å². The summed E-state index contributed by atoms with van der Waals surface area (Å²) in [5, 5.41) is 8.93. The lowest BCUT2D eigenvalue weighted by Crippen LogP contribution is -2.51. The molecule has 0 N–H and O–H groups in total. The van der Waals surface area contributed by atoms with Crippen LogP contribution in [-0.4, -0.2) is 55.0 Å². The highest BCUT2D eigenvalue weighted by atomic mass is 16.5. The Bertz CT molecular complexity index is 531. The molecular weight excluding hydrogens is 266 g/mol. The minimum absolute atomic E-state index is 0.0866. The van der Waals surface area contributed by atoms with Gasteiger partial charge in [-0.3, -0.25) is 9.69 Å². The molecule has 1 heterocycles. The first-order valence-corrected chi connectivity index (χ1v) is 7.19. The van der Waals surface area contributed by atoms with Gasteiger partial charge in [-0.1, -0.05) is 18.2 Å². The molecular formula is C16H21N3O2. The van der Waals surface area contributed by atoms with Crippen LogP contribution < -0.4 is 4.74 Å². The number of benzene rings is 1. The highest BCUT2D eigenvalue weighted by molar-refractivity contribution is 5.79. The Morgan fingerprint density at radius 2 is 2.00 bits per heavy atom. The van der Waals surface area contributed by atoms with Crippen molar-refractivity contribution in [2.45, 2.75) is 19.4 Å². The largest absolute Gasteiger partial charge is 0.496 e. The number of hydrogen-bond acceptors (Lipinski definition) is 4. The zero-order valence-electron chi connectivity index (χ0n) is 12.6. The molecule has 0 bridgehead atoms. The second-order valence-corrected chi connectivity index (χ2v) is 5.21. The van der Waals surface area contributed by atoms with Crippen molar-refractivity contribution >= 4 is 5.91 Å². The maximum absolute atomic E-state index is 12.4. The smallest absolute Gasteiger partial charge is 0.227 e. The van der Waals surface area contributed by atoms with Crippen LogP contribution in [0.5, 0.6) is 5.75 Å². The molecule has 1 aromatic rings. The van der Waals surface area contributed by atoms with E-state index in [4.69, 9.17) is 10.00 Å². The predicted molar refractivity (Wildman–Crippen MR) is 79.9 cm³/mol. The number of hydrogen-bond donors (Lipinski definition) is 0. The summed E-state index contributed by atoms with van der Waals surface area (Å²) in [4.78, 5) is 16.3. The van der Waals surface area contributed by atoms with Gasteiger partial charge in [0.2, 0.25) is 5.91 Å². The maximum atomic E-state index is 12.4. The van der Waals surface area contributed by atoms with Crippen LogP contribution >= 0.6 is 0 Å². The number of amides is 1. The number of ether oxygens (including phenoxy) is 1. The monoisotopic (exact) mass is 287 g/mol. The molecule has 1 fully saturated rings. The van der Waals surface area contributed by atoms with Crippen LogP contribution in [0.25, 0.3) is 0 Å². The standard InChI is InChI=1S/C16H21N3O2/c1-13(12-17)18-7-9-19(10-8-18)16(20)11-14-5-3-4-6-15(14)21-2/h3-6,13H,7-11H2,1-2H3. The molecule has 1 saturated heterocycles. The quantitative estimate of drug-likeness (QED) is 0.837. The zero-order valence-corrected chi connectivity index (χ0v) is 12.6. The van der Waals surface area contributed by atoms with Crippen molar-refractivity contribution in [2.75, 3.05) is 33.3 Å². The Balaban J connectivity index is 1.92. The predicted octanol–water partition coefficient (Wildman–Crippen LogP) is 1.29. The molecule has 5 heteroatoms. The summed E-state index contributed by atoms with van der Waals surface area (Å²) in [6, 6.07) is 9.76. The van der Waals surface area contributed by atoms with Gasteiger partial charge < -0.3 is 9.64 Å². The number of para-hydroxylation sites is 1. The van der Waals surface area contributed by atoms with E-state index in [0.717, 1.165) is 24.4 Å². The summed E-state index contributed by atoms with van der Waals surface area (Å²) in [5.41, 5.74) is 0.915. The molecule has 0 radical (unpaired) electrons. The fraction of sp³-hybridized carbons (Fsp3) is 0.500. The number of nitrogens with zero attached hydrogens (tertiary/aromatic N) is 3. The van der Waals surface area contributed by atoms with Crippen molar-refractivity contribution in [2.24, 2.45) is 0 Å². The van der Waals surface area contributed by atoms with Gasteiger partial charge in [0.25, 0.3) is 0 Å². The molecule has 0 aromatic heterocycles. The number of nitriles is 1. The molecule has 1 unspecified atom stereocenters. The van der Waals surface area contributed by atoms with Gasteiger partial charge in [-0.15, -0.1) is 0 Å². The van der Waals surface area contributed by atoms with Gasteiger partial charge in [0.1, 0.15) is 5.75 Å². The van der Waals surface area contributed by atoms with Gasteiger partial charge >= 0.3 is 0 Å². The first kappa shape index (κ1) is 15.3. The summed E-state index contributed by atoms with van der Waals surface area (Å²) in [5.74, 6) is 0.867. The minimum Gasteiger partial charge on any atom is -0.496 e. The summed E-state index contributed by atoms with van der Waals surface area (Å²) in [6.07, 6.45) is 0.359. The van der Waals surface area contributed by atoms with Crippen molar-refractivity contribution in [3.63, 3.8) is 0 Å². The molecule has 21 heavy (non-hydrogen) atoms. The molecule has 0 spiro atoms. The van der Waals surface area contributed by atoms with Crippen LogP contribution in [-0.2, 0) is 11.2 Å². The zero-order chi connectivity index (χ0) is 15.2. The van der Waals surface area contributed by atoms with E-state index in [1.807, 2.05) is 36.1 Å². The molecule has 1 amide bonds. The third-order valence-corrected chi connectivity index (χ3v) is 3.94. The Kier molecular flexibility index (Phi) is 5.18. The minimum atomic E-state index is -0.0866. The highest BCUT2D eigenvalue weighted by Gasteiger charge is 2.24. The van der Waals surface area contributed by atoms with Gasteiger partial charge in [-0.25, -0.2) is 0 Å². The fourth-order valence-electron chi connectivity index (χ4n) is 2.56. The van der Waals surface area contributed by atoms with Gasteiger partial charge in [0.15, 0.2) is 0 Å². The van der Waals surface area contributed by atoms with Crippen molar-refractivity contribution in [1.29, 1.82) is 5.26 Å². The van der Waals surface area contributed by atoms with Crippen LogP contribution in [0.3, 0.4) is 0 Å². The SMILES string of the molecule is COc1ccccc1CC(=O)N1CCN(C(C)C#N)CC1. The Labute approximate surface area is 125 Å². The van der Waals surface area contributed by atoms with Crippen LogP contribution in [0.1, 0.15) is 12.5 Å². The van der Waals surface area contributed by atoms with Crippen molar-refractivity contribution in [3.8, 4) is 11.8 Å². The number of piperazine rings is 1. The molecule has 112 valence electrons. The van der Waals surface area contributed by atoms with Crippen molar-refractivity contribution < 1.29 is 9.53 Å². The third kappa shape index (κ3) is 3.73. The molecule has 1 aliphatic rings. The number of carbonyl (C=O) groups excluding carboxylic acids is 1.